The summed E-state index contributed by atoms with van der Waals surface area (Å²) in [6.07, 6.45) is 7.71. The van der Waals surface area contributed by atoms with Crippen molar-refractivity contribution in [1.29, 1.82) is 0 Å². The second-order valence-corrected chi connectivity index (χ2v) is 10.9. The average Bonchev–Trinajstić information content (AvgIpc) is 3.06. The molecule has 8 heteroatoms. The summed E-state index contributed by atoms with van der Waals surface area (Å²) in [7, 11) is 0. The number of nitrogens with zero attached hydrogens (tertiary/aromatic N) is 2. The van der Waals surface area contributed by atoms with Crippen LogP contribution in [0.1, 0.15) is 24.0 Å². The molecule has 0 radical (unpaired) electrons. The summed E-state index contributed by atoms with van der Waals surface area (Å²) < 4.78 is 8.50. The first-order valence-corrected chi connectivity index (χ1v) is 12.8. The Balaban J connectivity index is 1.31. The molecule has 0 unspecified atom stereocenters. The number of hydrogen-bond acceptors (Lipinski definition) is 4. The number of hydrazone groups is 1. The van der Waals surface area contributed by atoms with Gasteiger partial charge in [-0.05, 0) is 91.9 Å². The number of carbonyl (C=O) groups excluding carboxylic acids is 2. The molecule has 2 amide bonds. The van der Waals surface area contributed by atoms with E-state index in [1.54, 1.807) is 6.21 Å². The molecular formula is C24H19Br3N2O3. The van der Waals surface area contributed by atoms with E-state index in [9.17, 15) is 9.59 Å². The molecule has 2 aromatic rings. The molecule has 0 N–H and O–H groups in total. The Labute approximate surface area is 211 Å². The third-order valence-electron chi connectivity index (χ3n) is 6.38. The first kappa shape index (κ1) is 22.0. The van der Waals surface area contributed by atoms with Crippen LogP contribution < -0.4 is 4.74 Å². The maximum absolute atomic E-state index is 12.9. The smallest absolute Gasteiger partial charge is 0.254 e. The molecule has 1 aliphatic heterocycles. The summed E-state index contributed by atoms with van der Waals surface area (Å²) in [5.41, 5.74) is 1.80. The number of rotatable bonds is 5. The molecule has 5 nitrogen and oxygen atoms in total. The molecule has 3 aliphatic carbocycles. The van der Waals surface area contributed by atoms with E-state index in [1.807, 2.05) is 36.4 Å². The fourth-order valence-corrected chi connectivity index (χ4v) is 6.54. The fourth-order valence-electron chi connectivity index (χ4n) is 4.82. The summed E-state index contributed by atoms with van der Waals surface area (Å²) in [6.45, 7) is 0.424. The van der Waals surface area contributed by atoms with Crippen molar-refractivity contribution in [2.75, 3.05) is 0 Å². The van der Waals surface area contributed by atoms with Gasteiger partial charge >= 0.3 is 0 Å². The van der Waals surface area contributed by atoms with E-state index in [1.165, 1.54) is 0 Å². The number of hydrogen-bond donors (Lipinski definition) is 0. The SMILES string of the molecule is O=C1[C@H]2[C@H](C(=O)N1/N=C\c1cc(Br)c(OCc3ccc(Br)cc3)c(Br)c1)[C@H]1C=C[C@H]2CC1. The first-order chi connectivity index (χ1) is 15.4. The van der Waals surface area contributed by atoms with E-state index < -0.39 is 0 Å². The number of carbonyl (C=O) groups is 2. The standard InChI is InChI=1S/C24H19Br3N2O3/c25-17-7-1-13(2-8-17)12-32-22-18(26)9-14(10-19(22)27)11-28-29-23(30)20-15-3-4-16(6-5-15)21(20)24(29)31/h1-4,7-11,15-16,20-21H,5-6,12H2/b28-11-/t15-,16-,20+,21+/m0/s1. The second-order valence-electron chi connectivity index (χ2n) is 8.30. The minimum atomic E-state index is -0.253. The first-order valence-electron chi connectivity index (χ1n) is 10.4. The van der Waals surface area contributed by atoms with Crippen molar-refractivity contribution in [2.45, 2.75) is 19.4 Å². The lowest BCUT2D eigenvalue weighted by molar-refractivity contribution is -0.140. The van der Waals surface area contributed by atoms with E-state index >= 15 is 0 Å². The normalized spacial score (nSPS) is 26.3. The van der Waals surface area contributed by atoms with Crippen LogP contribution in [0.4, 0.5) is 0 Å². The fraction of sp³-hybridized carbons (Fsp3) is 0.292. The molecule has 32 heavy (non-hydrogen) atoms. The maximum Gasteiger partial charge on any atom is 0.254 e. The lowest BCUT2D eigenvalue weighted by Gasteiger charge is -2.37. The van der Waals surface area contributed by atoms with Gasteiger partial charge in [0.1, 0.15) is 12.4 Å². The largest absolute Gasteiger partial charge is 0.487 e. The van der Waals surface area contributed by atoms with Crippen LogP contribution in [0.5, 0.6) is 5.75 Å². The molecule has 0 aromatic heterocycles. The van der Waals surface area contributed by atoms with Gasteiger partial charge in [0, 0.05) is 4.47 Å². The lowest BCUT2D eigenvalue weighted by atomic mass is 9.63. The van der Waals surface area contributed by atoms with E-state index in [0.29, 0.717) is 12.4 Å². The van der Waals surface area contributed by atoms with E-state index in [4.69, 9.17) is 4.74 Å². The molecule has 2 bridgehead atoms. The highest BCUT2D eigenvalue weighted by Crippen LogP contribution is 2.49. The van der Waals surface area contributed by atoms with Crippen molar-refractivity contribution in [3.05, 3.63) is 73.1 Å². The van der Waals surface area contributed by atoms with Gasteiger partial charge in [-0.15, -0.1) is 0 Å². The molecule has 1 heterocycles. The molecule has 164 valence electrons. The minimum absolute atomic E-state index is 0.159. The van der Waals surface area contributed by atoms with Crippen molar-refractivity contribution < 1.29 is 14.3 Å². The van der Waals surface area contributed by atoms with Crippen LogP contribution in [0.2, 0.25) is 0 Å². The van der Waals surface area contributed by atoms with E-state index in [2.05, 4.69) is 65.0 Å². The molecule has 1 saturated carbocycles. The highest BCUT2D eigenvalue weighted by molar-refractivity contribution is 9.11. The molecule has 2 aromatic carbocycles. The number of halogens is 3. The zero-order chi connectivity index (χ0) is 22.4. The summed E-state index contributed by atoms with van der Waals surface area (Å²) in [4.78, 5) is 25.8. The third-order valence-corrected chi connectivity index (χ3v) is 8.08. The molecule has 4 aliphatic rings. The molecule has 1 saturated heterocycles. The van der Waals surface area contributed by atoms with Crippen LogP contribution in [0.25, 0.3) is 0 Å². The van der Waals surface area contributed by atoms with Crippen molar-refractivity contribution in [3.63, 3.8) is 0 Å². The number of imide groups is 1. The Hall–Kier alpha value is -1.77. The topological polar surface area (TPSA) is 59.0 Å². The van der Waals surface area contributed by atoms with E-state index in [-0.39, 0.29) is 35.5 Å². The Morgan fingerprint density at radius 1 is 0.938 bits per heavy atom. The number of benzene rings is 2. The quantitative estimate of drug-likeness (QED) is 0.231. The summed E-state index contributed by atoms with van der Waals surface area (Å²) in [6, 6.07) is 11.7. The van der Waals surface area contributed by atoms with Gasteiger partial charge < -0.3 is 4.74 Å². The van der Waals surface area contributed by atoms with E-state index in [0.717, 1.165) is 42.4 Å². The lowest BCUT2D eigenvalue weighted by Crippen LogP contribution is -2.38. The maximum atomic E-state index is 12.9. The van der Waals surface area contributed by atoms with Gasteiger partial charge in [0.15, 0.2) is 0 Å². The van der Waals surface area contributed by atoms with Crippen LogP contribution in [0.15, 0.2) is 67.1 Å². The predicted octanol–water partition coefficient (Wildman–Crippen LogP) is 6.08. The number of allylic oxidation sites excluding steroid dienone is 2. The summed E-state index contributed by atoms with van der Waals surface area (Å²) in [5.74, 6) is 0.129. The highest BCUT2D eigenvalue weighted by Gasteiger charge is 2.56. The van der Waals surface area contributed by atoms with Gasteiger partial charge in [0.2, 0.25) is 0 Å². The van der Waals surface area contributed by atoms with Crippen LogP contribution in [-0.2, 0) is 16.2 Å². The highest BCUT2D eigenvalue weighted by atomic mass is 79.9. The summed E-state index contributed by atoms with van der Waals surface area (Å²) in [5, 5.41) is 5.36. The number of fused-ring (bicyclic) bond motifs is 1. The van der Waals surface area contributed by atoms with Gasteiger partial charge in [-0.2, -0.15) is 10.1 Å². The molecule has 6 rings (SSSR count). The molecular weight excluding hydrogens is 604 g/mol. The monoisotopic (exact) mass is 620 g/mol. The van der Waals surface area contributed by atoms with Gasteiger partial charge in [0.25, 0.3) is 11.8 Å². The third kappa shape index (κ3) is 4.01. The van der Waals surface area contributed by atoms with Gasteiger partial charge in [-0.3, -0.25) is 9.59 Å². The van der Waals surface area contributed by atoms with Crippen molar-refractivity contribution in [2.24, 2.45) is 28.8 Å². The number of ether oxygens (including phenoxy) is 1. The molecule has 4 atom stereocenters. The zero-order valence-corrected chi connectivity index (χ0v) is 21.6. The predicted molar refractivity (Wildman–Crippen MR) is 132 cm³/mol. The Morgan fingerprint density at radius 2 is 1.50 bits per heavy atom. The molecule has 0 spiro atoms. The minimum Gasteiger partial charge on any atom is -0.487 e. The molecule has 2 fully saturated rings. The Bertz CT molecular complexity index is 1090. The van der Waals surface area contributed by atoms with Crippen LogP contribution in [-0.4, -0.2) is 23.0 Å². The van der Waals surface area contributed by atoms with Crippen molar-refractivity contribution >= 4 is 65.8 Å². The summed E-state index contributed by atoms with van der Waals surface area (Å²) >= 11 is 10.5. The van der Waals surface area contributed by atoms with Gasteiger partial charge in [-0.25, -0.2) is 0 Å². The average molecular weight is 623 g/mol. The van der Waals surface area contributed by atoms with Crippen molar-refractivity contribution in [1.82, 2.24) is 5.01 Å². The van der Waals surface area contributed by atoms with Gasteiger partial charge in [-0.1, -0.05) is 40.2 Å². The van der Waals surface area contributed by atoms with Gasteiger partial charge in [0.05, 0.1) is 27.0 Å². The van der Waals surface area contributed by atoms with Crippen LogP contribution >= 0.6 is 47.8 Å². The van der Waals surface area contributed by atoms with Crippen molar-refractivity contribution in [3.8, 4) is 5.75 Å². The van der Waals surface area contributed by atoms with Crippen LogP contribution in [0, 0.1) is 23.7 Å². The van der Waals surface area contributed by atoms with Crippen LogP contribution in [0.3, 0.4) is 0 Å². The zero-order valence-electron chi connectivity index (χ0n) is 16.9. The Kier molecular flexibility index (Phi) is 6.11. The second kappa shape index (κ2) is 8.88. The number of amides is 2. The Morgan fingerprint density at radius 3 is 2.03 bits per heavy atom.